The van der Waals surface area contributed by atoms with Gasteiger partial charge in [0.05, 0.1) is 6.04 Å². The second-order valence-corrected chi connectivity index (χ2v) is 5.52. The molecular weight excluding hydrogens is 262 g/mol. The number of fused-ring (bicyclic) bond motifs is 1. The van der Waals surface area contributed by atoms with Crippen LogP contribution < -0.4 is 5.32 Å². The predicted octanol–water partition coefficient (Wildman–Crippen LogP) is 3.54. The summed E-state index contributed by atoms with van der Waals surface area (Å²) >= 11 is 1.76. The van der Waals surface area contributed by atoms with Crippen LogP contribution in [-0.2, 0) is 6.42 Å². The summed E-state index contributed by atoms with van der Waals surface area (Å²) in [5, 5.41) is 16.3. The molecule has 0 bridgehead atoms. The third-order valence-corrected chi connectivity index (χ3v) is 4.34. The second-order valence-electron chi connectivity index (χ2n) is 4.52. The van der Waals surface area contributed by atoms with Crippen LogP contribution in [0.4, 0.5) is 11.5 Å². The average molecular weight is 275 g/mol. The molecule has 2 aromatic rings. The molecule has 6 heteroatoms. The summed E-state index contributed by atoms with van der Waals surface area (Å²) in [5.41, 5.74) is 1.77. The molecule has 0 aliphatic heterocycles. The van der Waals surface area contributed by atoms with Crippen LogP contribution in [0.2, 0.25) is 0 Å². The van der Waals surface area contributed by atoms with Gasteiger partial charge in [0.25, 0.3) is 0 Å². The zero-order valence-corrected chi connectivity index (χ0v) is 11.0. The van der Waals surface area contributed by atoms with Crippen molar-refractivity contribution in [3.8, 4) is 0 Å². The van der Waals surface area contributed by atoms with Crippen LogP contribution in [0.3, 0.4) is 0 Å². The average Bonchev–Trinajstić information content (AvgIpc) is 2.88. The van der Waals surface area contributed by atoms with Crippen molar-refractivity contribution < 1.29 is 4.92 Å². The van der Waals surface area contributed by atoms with Crippen LogP contribution in [0.25, 0.3) is 0 Å². The standard InChI is InChI=1S/C13H13N3O2S/c17-16(18)13-11(4-2-7-14-13)15-10-3-1-5-12-9(10)6-8-19-12/h2,4,6-8,10,15H,1,3,5H2. The number of pyridine rings is 1. The molecule has 0 saturated carbocycles. The van der Waals surface area contributed by atoms with Crippen LogP contribution in [0.15, 0.2) is 29.8 Å². The van der Waals surface area contributed by atoms with E-state index in [1.807, 2.05) is 0 Å². The van der Waals surface area contributed by atoms with E-state index in [1.165, 1.54) is 16.6 Å². The first-order valence-electron chi connectivity index (χ1n) is 6.18. The molecule has 98 valence electrons. The number of hydrogen-bond acceptors (Lipinski definition) is 5. The fourth-order valence-electron chi connectivity index (χ4n) is 2.48. The number of nitrogens with zero attached hydrogens (tertiary/aromatic N) is 2. The van der Waals surface area contributed by atoms with E-state index in [0.29, 0.717) is 5.69 Å². The number of rotatable bonds is 3. The highest BCUT2D eigenvalue weighted by atomic mass is 32.1. The first kappa shape index (κ1) is 12.1. The molecule has 3 rings (SSSR count). The summed E-state index contributed by atoms with van der Waals surface area (Å²) in [6.07, 6.45) is 4.66. The van der Waals surface area contributed by atoms with Crippen LogP contribution >= 0.6 is 11.3 Å². The molecule has 2 heterocycles. The van der Waals surface area contributed by atoms with E-state index < -0.39 is 4.92 Å². The van der Waals surface area contributed by atoms with Gasteiger partial charge in [-0.15, -0.1) is 11.3 Å². The summed E-state index contributed by atoms with van der Waals surface area (Å²) in [4.78, 5) is 15.7. The van der Waals surface area contributed by atoms with E-state index in [4.69, 9.17) is 0 Å². The SMILES string of the molecule is O=[N+]([O-])c1ncccc1NC1CCCc2sccc21. The maximum atomic E-state index is 11.0. The monoisotopic (exact) mass is 275 g/mol. The maximum absolute atomic E-state index is 11.0. The lowest BCUT2D eigenvalue weighted by Gasteiger charge is -2.24. The minimum absolute atomic E-state index is 0.107. The van der Waals surface area contributed by atoms with Gasteiger partial charge in [0.15, 0.2) is 0 Å². The Labute approximate surface area is 114 Å². The van der Waals surface area contributed by atoms with Crippen molar-refractivity contribution in [3.05, 3.63) is 50.3 Å². The molecule has 19 heavy (non-hydrogen) atoms. The Balaban J connectivity index is 1.90. The highest BCUT2D eigenvalue weighted by Gasteiger charge is 2.24. The van der Waals surface area contributed by atoms with Crippen LogP contribution in [0.1, 0.15) is 29.3 Å². The molecule has 1 atom stereocenters. The molecule has 1 aliphatic rings. The van der Waals surface area contributed by atoms with Crippen molar-refractivity contribution in [2.45, 2.75) is 25.3 Å². The Morgan fingerprint density at radius 1 is 1.47 bits per heavy atom. The van der Waals surface area contributed by atoms with Crippen molar-refractivity contribution in [2.75, 3.05) is 5.32 Å². The number of anilines is 1. The molecule has 0 fully saturated rings. The first-order chi connectivity index (χ1) is 9.25. The maximum Gasteiger partial charge on any atom is 0.386 e. The third kappa shape index (κ3) is 2.31. The predicted molar refractivity (Wildman–Crippen MR) is 74.5 cm³/mol. The Bertz CT molecular complexity index is 611. The Hall–Kier alpha value is -1.95. The van der Waals surface area contributed by atoms with Crippen molar-refractivity contribution in [3.63, 3.8) is 0 Å². The van der Waals surface area contributed by atoms with E-state index in [9.17, 15) is 10.1 Å². The highest BCUT2D eigenvalue weighted by molar-refractivity contribution is 7.10. The van der Waals surface area contributed by atoms with Gasteiger partial charge >= 0.3 is 5.82 Å². The van der Waals surface area contributed by atoms with Crippen molar-refractivity contribution >= 4 is 22.8 Å². The Morgan fingerprint density at radius 2 is 2.37 bits per heavy atom. The zero-order valence-electron chi connectivity index (χ0n) is 10.2. The molecule has 5 nitrogen and oxygen atoms in total. The fraction of sp³-hybridized carbons (Fsp3) is 0.308. The lowest BCUT2D eigenvalue weighted by atomic mass is 9.94. The zero-order chi connectivity index (χ0) is 13.2. The summed E-state index contributed by atoms with van der Waals surface area (Å²) < 4.78 is 0. The molecule has 0 amide bonds. The van der Waals surface area contributed by atoms with Gasteiger partial charge in [0, 0.05) is 4.88 Å². The van der Waals surface area contributed by atoms with Gasteiger partial charge in [-0.3, -0.25) is 0 Å². The van der Waals surface area contributed by atoms with Crippen LogP contribution in [0.5, 0.6) is 0 Å². The van der Waals surface area contributed by atoms with Crippen LogP contribution in [-0.4, -0.2) is 9.91 Å². The van der Waals surface area contributed by atoms with E-state index in [1.54, 1.807) is 23.5 Å². The molecule has 1 unspecified atom stereocenters. The van der Waals surface area contributed by atoms with Gasteiger partial charge < -0.3 is 15.4 Å². The highest BCUT2D eigenvalue weighted by Crippen LogP contribution is 2.36. The molecule has 2 aromatic heterocycles. The largest absolute Gasteiger partial charge is 0.386 e. The summed E-state index contributed by atoms with van der Waals surface area (Å²) in [6.45, 7) is 0. The molecule has 0 saturated heterocycles. The third-order valence-electron chi connectivity index (χ3n) is 3.34. The Morgan fingerprint density at radius 3 is 3.21 bits per heavy atom. The minimum atomic E-state index is -0.445. The van der Waals surface area contributed by atoms with Crippen LogP contribution in [0, 0.1) is 10.1 Å². The molecule has 1 N–H and O–H groups in total. The van der Waals surface area contributed by atoms with Gasteiger partial charge in [-0.2, -0.15) is 0 Å². The quantitative estimate of drug-likeness (QED) is 0.687. The van der Waals surface area contributed by atoms with Gasteiger partial charge in [0.1, 0.15) is 11.9 Å². The number of thiophene rings is 1. The van der Waals surface area contributed by atoms with Gasteiger partial charge in [0.2, 0.25) is 0 Å². The normalized spacial score (nSPS) is 17.8. The summed E-state index contributed by atoms with van der Waals surface area (Å²) in [7, 11) is 0. The van der Waals surface area contributed by atoms with Crippen molar-refractivity contribution in [1.82, 2.24) is 4.98 Å². The van der Waals surface area contributed by atoms with Gasteiger partial charge in [-0.25, -0.2) is 0 Å². The summed E-state index contributed by atoms with van der Waals surface area (Å²) in [6, 6.07) is 5.69. The smallest absolute Gasteiger partial charge is 0.371 e. The van der Waals surface area contributed by atoms with Gasteiger partial charge in [-0.1, -0.05) is 0 Å². The van der Waals surface area contributed by atoms with Crippen molar-refractivity contribution in [2.24, 2.45) is 0 Å². The fourth-order valence-corrected chi connectivity index (χ4v) is 3.47. The number of aromatic nitrogens is 1. The number of aryl methyl sites for hydroxylation is 1. The van der Waals surface area contributed by atoms with Crippen molar-refractivity contribution in [1.29, 1.82) is 0 Å². The molecule has 0 aromatic carbocycles. The Kier molecular flexibility index (Phi) is 3.16. The van der Waals surface area contributed by atoms with Gasteiger partial charge in [-0.05, 0) is 58.3 Å². The lowest BCUT2D eigenvalue weighted by molar-refractivity contribution is -0.388. The second kappa shape index (κ2) is 4.97. The molecule has 1 aliphatic carbocycles. The summed E-state index contributed by atoms with van der Waals surface area (Å²) in [5.74, 6) is -0.107. The number of nitro groups is 1. The molecular formula is C13H13N3O2S. The number of nitrogens with one attached hydrogen (secondary N) is 1. The van der Waals surface area contributed by atoms with E-state index in [0.717, 1.165) is 19.3 Å². The minimum Gasteiger partial charge on any atom is -0.371 e. The molecule has 0 radical (unpaired) electrons. The van der Waals surface area contributed by atoms with E-state index in [2.05, 4.69) is 21.7 Å². The number of hydrogen-bond donors (Lipinski definition) is 1. The lowest BCUT2D eigenvalue weighted by Crippen LogP contribution is -2.16. The molecule has 0 spiro atoms. The topological polar surface area (TPSA) is 68.1 Å². The van der Waals surface area contributed by atoms with E-state index in [-0.39, 0.29) is 11.9 Å². The first-order valence-corrected chi connectivity index (χ1v) is 7.06. The van der Waals surface area contributed by atoms with E-state index >= 15 is 0 Å².